The number of aromatic nitrogens is 1. The van der Waals surface area contributed by atoms with Crippen molar-refractivity contribution in [2.45, 2.75) is 17.7 Å². The van der Waals surface area contributed by atoms with E-state index < -0.39 is 10.0 Å². The number of hydrogen-bond acceptors (Lipinski definition) is 5. The molecule has 1 aliphatic heterocycles. The maximum Gasteiger partial charge on any atom is 0.244 e. The average Bonchev–Trinajstić information content (AvgIpc) is 2.65. The Balaban J connectivity index is 1.63. The second-order valence-electron chi connectivity index (χ2n) is 6.02. The Hall–Kier alpha value is -2.16. The van der Waals surface area contributed by atoms with Crippen molar-refractivity contribution >= 4 is 33.2 Å². The Morgan fingerprint density at radius 3 is 2.65 bits per heavy atom. The summed E-state index contributed by atoms with van der Waals surface area (Å²) in [6, 6.07) is 7.47. The van der Waals surface area contributed by atoms with Gasteiger partial charge in [0, 0.05) is 36.4 Å². The second kappa shape index (κ2) is 7.61. The second-order valence-corrected chi connectivity index (χ2v) is 8.39. The molecular weight excluding hydrogens is 378 g/mol. The smallest absolute Gasteiger partial charge is 0.244 e. The van der Waals surface area contributed by atoms with Crippen molar-refractivity contribution in [3.05, 3.63) is 47.7 Å². The third kappa shape index (κ3) is 3.98. The number of carbonyl (C=O) groups excluding carboxylic acids is 1. The van der Waals surface area contributed by atoms with Crippen LogP contribution < -0.4 is 5.32 Å². The van der Waals surface area contributed by atoms with Crippen molar-refractivity contribution in [3.63, 3.8) is 0 Å². The van der Waals surface area contributed by atoms with Gasteiger partial charge < -0.3 is 10.4 Å². The van der Waals surface area contributed by atoms with Crippen LogP contribution in [0.5, 0.6) is 5.75 Å². The molecule has 0 saturated carbocycles. The highest BCUT2D eigenvalue weighted by Crippen LogP contribution is 2.29. The Morgan fingerprint density at radius 1 is 1.27 bits per heavy atom. The summed E-state index contributed by atoms with van der Waals surface area (Å²) in [5.41, 5.74) is 0.243. The van der Waals surface area contributed by atoms with Crippen LogP contribution in [0.3, 0.4) is 0 Å². The fraction of sp³-hybridized carbons (Fsp3) is 0.294. The molecule has 138 valence electrons. The molecule has 2 heterocycles. The number of phenols is 1. The number of aromatic hydroxyl groups is 1. The highest BCUT2D eigenvalue weighted by molar-refractivity contribution is 7.89. The molecule has 0 atom stereocenters. The monoisotopic (exact) mass is 395 g/mol. The van der Waals surface area contributed by atoms with Crippen molar-refractivity contribution in [3.8, 4) is 5.75 Å². The largest absolute Gasteiger partial charge is 0.506 e. The molecule has 3 rings (SSSR count). The van der Waals surface area contributed by atoms with Crippen LogP contribution in [0.25, 0.3) is 0 Å². The molecule has 1 saturated heterocycles. The Kier molecular flexibility index (Phi) is 5.45. The molecule has 0 unspecified atom stereocenters. The van der Waals surface area contributed by atoms with Gasteiger partial charge in [-0.3, -0.25) is 9.78 Å². The number of nitrogens with one attached hydrogen (secondary N) is 1. The number of sulfonamides is 1. The van der Waals surface area contributed by atoms with Gasteiger partial charge in [0.1, 0.15) is 10.6 Å². The van der Waals surface area contributed by atoms with E-state index in [1.165, 1.54) is 41.0 Å². The number of amides is 1. The van der Waals surface area contributed by atoms with Crippen LogP contribution in [0, 0.1) is 5.92 Å². The van der Waals surface area contributed by atoms with Gasteiger partial charge in [0.05, 0.1) is 5.69 Å². The molecule has 0 bridgehead atoms. The Morgan fingerprint density at radius 2 is 2.00 bits per heavy atom. The maximum absolute atomic E-state index is 12.6. The third-order valence-electron chi connectivity index (χ3n) is 4.31. The zero-order valence-electron chi connectivity index (χ0n) is 13.8. The molecule has 0 radical (unpaired) electrons. The van der Waals surface area contributed by atoms with Gasteiger partial charge in [-0.1, -0.05) is 11.6 Å². The summed E-state index contributed by atoms with van der Waals surface area (Å²) in [5, 5.41) is 12.8. The number of benzene rings is 1. The van der Waals surface area contributed by atoms with Crippen molar-refractivity contribution in [1.29, 1.82) is 0 Å². The number of phenolic OH excluding ortho intramolecular Hbond substituents is 1. The number of rotatable bonds is 4. The van der Waals surface area contributed by atoms with Gasteiger partial charge in [-0.25, -0.2) is 8.42 Å². The van der Waals surface area contributed by atoms with Crippen LogP contribution in [0.2, 0.25) is 5.02 Å². The molecule has 2 N–H and O–H groups in total. The molecular formula is C17H18ClN3O4S. The number of hydrogen-bond donors (Lipinski definition) is 2. The highest BCUT2D eigenvalue weighted by atomic mass is 35.5. The molecule has 0 spiro atoms. The maximum atomic E-state index is 12.6. The first-order valence-electron chi connectivity index (χ1n) is 8.07. The Labute approximate surface area is 156 Å². The zero-order valence-corrected chi connectivity index (χ0v) is 15.4. The minimum atomic E-state index is -3.60. The van der Waals surface area contributed by atoms with Crippen molar-refractivity contribution in [1.82, 2.24) is 9.29 Å². The molecule has 1 aliphatic rings. The minimum absolute atomic E-state index is 0.0701. The first kappa shape index (κ1) is 18.6. The van der Waals surface area contributed by atoms with E-state index in [9.17, 15) is 18.3 Å². The zero-order chi connectivity index (χ0) is 18.7. The summed E-state index contributed by atoms with van der Waals surface area (Å²) in [6.45, 7) is 0.494. The van der Waals surface area contributed by atoms with Crippen LogP contribution in [0.4, 0.5) is 5.69 Å². The van der Waals surface area contributed by atoms with E-state index in [2.05, 4.69) is 10.3 Å². The molecule has 7 nitrogen and oxygen atoms in total. The summed E-state index contributed by atoms with van der Waals surface area (Å²) < 4.78 is 26.5. The average molecular weight is 396 g/mol. The molecule has 0 aliphatic carbocycles. The van der Waals surface area contributed by atoms with Crippen LogP contribution in [-0.4, -0.2) is 41.8 Å². The fourth-order valence-electron chi connectivity index (χ4n) is 2.85. The number of carbonyl (C=O) groups is 1. The molecule has 26 heavy (non-hydrogen) atoms. The highest BCUT2D eigenvalue weighted by Gasteiger charge is 2.32. The molecule has 1 aromatic heterocycles. The van der Waals surface area contributed by atoms with Crippen LogP contribution in [-0.2, 0) is 14.8 Å². The van der Waals surface area contributed by atoms with Crippen LogP contribution in [0.1, 0.15) is 12.8 Å². The van der Waals surface area contributed by atoms with Crippen LogP contribution >= 0.6 is 11.6 Å². The molecule has 2 aromatic rings. The molecule has 1 amide bonds. The molecule has 1 fully saturated rings. The summed E-state index contributed by atoms with van der Waals surface area (Å²) in [5.74, 6) is -0.672. The summed E-state index contributed by atoms with van der Waals surface area (Å²) >= 11 is 5.87. The van der Waals surface area contributed by atoms with E-state index >= 15 is 0 Å². The number of piperidine rings is 1. The molecule has 1 aromatic carbocycles. The van der Waals surface area contributed by atoms with Crippen LogP contribution in [0.15, 0.2) is 47.6 Å². The first-order valence-corrected chi connectivity index (χ1v) is 9.89. The van der Waals surface area contributed by atoms with Crippen molar-refractivity contribution < 1.29 is 18.3 Å². The molecule has 9 heteroatoms. The van der Waals surface area contributed by atoms with E-state index in [1.807, 2.05) is 0 Å². The van der Waals surface area contributed by atoms with Gasteiger partial charge in [0.25, 0.3) is 0 Å². The SMILES string of the molecule is O=C(Nc1cc(Cl)ccc1O)C1CCN(S(=O)(=O)c2cccnc2)CC1. The van der Waals surface area contributed by atoms with E-state index in [-0.39, 0.29) is 41.2 Å². The van der Waals surface area contributed by atoms with Gasteiger partial charge in [0.15, 0.2) is 0 Å². The van der Waals surface area contributed by atoms with Gasteiger partial charge in [-0.15, -0.1) is 0 Å². The van der Waals surface area contributed by atoms with E-state index in [0.717, 1.165) is 0 Å². The topological polar surface area (TPSA) is 99.6 Å². The predicted octanol–water partition coefficient (Wildman–Crippen LogP) is 2.48. The normalized spacial score (nSPS) is 16.3. The quantitative estimate of drug-likeness (QED) is 0.775. The number of nitrogens with zero attached hydrogens (tertiary/aromatic N) is 2. The van der Waals surface area contributed by atoms with Gasteiger partial charge >= 0.3 is 0 Å². The van der Waals surface area contributed by atoms with Gasteiger partial charge in [-0.2, -0.15) is 4.31 Å². The summed E-state index contributed by atoms with van der Waals surface area (Å²) in [6.07, 6.45) is 3.62. The number of halogens is 1. The lowest BCUT2D eigenvalue weighted by atomic mass is 9.97. The number of anilines is 1. The summed E-state index contributed by atoms with van der Waals surface area (Å²) in [7, 11) is -3.60. The van der Waals surface area contributed by atoms with Gasteiger partial charge in [-0.05, 0) is 43.2 Å². The summed E-state index contributed by atoms with van der Waals surface area (Å²) in [4.78, 5) is 16.4. The van der Waals surface area contributed by atoms with E-state index in [4.69, 9.17) is 11.6 Å². The standard InChI is InChI=1S/C17H18ClN3O4S/c18-13-3-4-16(22)15(10-13)20-17(23)12-5-8-21(9-6-12)26(24,25)14-2-1-7-19-11-14/h1-4,7,10-12,22H,5-6,8-9H2,(H,20,23). The fourth-order valence-corrected chi connectivity index (χ4v) is 4.46. The van der Waals surface area contributed by atoms with Crippen molar-refractivity contribution in [2.75, 3.05) is 18.4 Å². The Bertz CT molecular complexity index is 897. The lowest BCUT2D eigenvalue weighted by Gasteiger charge is -2.30. The van der Waals surface area contributed by atoms with E-state index in [0.29, 0.717) is 17.9 Å². The number of pyridine rings is 1. The first-order chi connectivity index (χ1) is 12.4. The predicted molar refractivity (Wildman–Crippen MR) is 97.5 cm³/mol. The van der Waals surface area contributed by atoms with Gasteiger partial charge in [0.2, 0.25) is 15.9 Å². The van der Waals surface area contributed by atoms with Crippen molar-refractivity contribution in [2.24, 2.45) is 5.92 Å². The third-order valence-corrected chi connectivity index (χ3v) is 6.43. The minimum Gasteiger partial charge on any atom is -0.506 e. The van der Waals surface area contributed by atoms with E-state index in [1.54, 1.807) is 6.07 Å². The lowest BCUT2D eigenvalue weighted by Crippen LogP contribution is -2.41. The lowest BCUT2D eigenvalue weighted by molar-refractivity contribution is -0.120.